The Balaban J connectivity index is 2.00. The van der Waals surface area contributed by atoms with E-state index in [0.717, 1.165) is 31.0 Å². The first kappa shape index (κ1) is 8.29. The number of fused-ring (bicyclic) bond motifs is 1. The fourth-order valence-corrected chi connectivity index (χ4v) is 2.44. The number of hydrogen-bond acceptors (Lipinski definition) is 4. The van der Waals surface area contributed by atoms with Crippen LogP contribution in [0.15, 0.2) is 21.3 Å². The molecule has 0 aromatic carbocycles. The van der Waals surface area contributed by atoms with Crippen LogP contribution >= 0.6 is 11.6 Å². The zero-order chi connectivity index (χ0) is 9.54. The fourth-order valence-electron chi connectivity index (χ4n) is 2.08. The van der Waals surface area contributed by atoms with Gasteiger partial charge < -0.3 is 0 Å². The Hall–Kier alpha value is -1.03. The Bertz CT molecular complexity index is 358. The van der Waals surface area contributed by atoms with Crippen LogP contribution < -0.4 is 5.43 Å². The van der Waals surface area contributed by atoms with E-state index in [2.05, 4.69) is 15.4 Å². The van der Waals surface area contributed by atoms with Gasteiger partial charge in [-0.1, -0.05) is 0 Å². The SMILES string of the molecule is ClC1CCCC2=C1N=C1N=CNN1C2. The highest BCUT2D eigenvalue weighted by Crippen LogP contribution is 2.32. The summed E-state index contributed by atoms with van der Waals surface area (Å²) >= 11 is 6.22. The van der Waals surface area contributed by atoms with Crippen molar-refractivity contribution in [2.45, 2.75) is 24.6 Å². The van der Waals surface area contributed by atoms with Gasteiger partial charge in [0.25, 0.3) is 0 Å². The highest BCUT2D eigenvalue weighted by Gasteiger charge is 2.29. The van der Waals surface area contributed by atoms with Gasteiger partial charge in [-0.25, -0.2) is 15.0 Å². The van der Waals surface area contributed by atoms with E-state index in [0.29, 0.717) is 0 Å². The summed E-state index contributed by atoms with van der Waals surface area (Å²) in [5.74, 6) is 0.747. The van der Waals surface area contributed by atoms with Crippen LogP contribution in [0.5, 0.6) is 0 Å². The van der Waals surface area contributed by atoms with E-state index >= 15 is 0 Å². The van der Waals surface area contributed by atoms with E-state index < -0.39 is 0 Å². The molecule has 0 radical (unpaired) electrons. The average molecular weight is 211 g/mol. The molecule has 1 atom stereocenters. The van der Waals surface area contributed by atoms with Gasteiger partial charge in [0, 0.05) is 0 Å². The molecular weight excluding hydrogens is 200 g/mol. The summed E-state index contributed by atoms with van der Waals surface area (Å²) in [5.41, 5.74) is 5.46. The zero-order valence-electron chi connectivity index (χ0n) is 7.70. The lowest BCUT2D eigenvalue weighted by Crippen LogP contribution is -2.40. The lowest BCUT2D eigenvalue weighted by molar-refractivity contribution is 0.399. The summed E-state index contributed by atoms with van der Waals surface area (Å²) in [6.45, 7) is 0.872. The molecule has 5 heteroatoms. The molecule has 1 unspecified atom stereocenters. The molecule has 14 heavy (non-hydrogen) atoms. The first-order valence-electron chi connectivity index (χ1n) is 4.85. The lowest BCUT2D eigenvalue weighted by atomic mass is 9.95. The minimum Gasteiger partial charge on any atom is -0.285 e. The molecule has 0 fully saturated rings. The predicted molar refractivity (Wildman–Crippen MR) is 56.3 cm³/mol. The standard InChI is InChI=1S/C9H11ClN4/c10-7-3-1-2-6-4-14-9(11-5-12-14)13-8(6)7/h5,7H,1-4H2,(H,11,12,13). The van der Waals surface area contributed by atoms with Crippen molar-refractivity contribution < 1.29 is 0 Å². The number of aliphatic imine (C=N–C) groups is 2. The molecule has 2 heterocycles. The molecule has 0 spiro atoms. The summed E-state index contributed by atoms with van der Waals surface area (Å²) in [5, 5.41) is 2.04. The van der Waals surface area contributed by atoms with Crippen molar-refractivity contribution in [3.63, 3.8) is 0 Å². The topological polar surface area (TPSA) is 40.0 Å². The molecule has 74 valence electrons. The summed E-state index contributed by atoms with van der Waals surface area (Å²) in [6, 6.07) is 0. The first-order chi connectivity index (χ1) is 6.84. The number of hydrazine groups is 1. The van der Waals surface area contributed by atoms with Crippen LogP contribution in [0.4, 0.5) is 0 Å². The minimum absolute atomic E-state index is 0.0872. The molecular formula is C9H11ClN4. The monoisotopic (exact) mass is 210 g/mol. The molecule has 0 saturated heterocycles. The highest BCUT2D eigenvalue weighted by atomic mass is 35.5. The molecule has 1 N–H and O–H groups in total. The van der Waals surface area contributed by atoms with E-state index in [1.807, 2.05) is 5.01 Å². The number of halogens is 1. The molecule has 4 nitrogen and oxygen atoms in total. The third-order valence-corrected chi connectivity index (χ3v) is 3.22. The number of rotatable bonds is 0. The number of nitrogens with zero attached hydrogens (tertiary/aromatic N) is 3. The molecule has 0 aromatic rings. The van der Waals surface area contributed by atoms with E-state index in [9.17, 15) is 0 Å². The first-order valence-corrected chi connectivity index (χ1v) is 5.29. The van der Waals surface area contributed by atoms with Gasteiger partial charge in [-0.05, 0) is 24.8 Å². The third kappa shape index (κ3) is 1.14. The summed E-state index contributed by atoms with van der Waals surface area (Å²) in [6.07, 6.45) is 4.99. The van der Waals surface area contributed by atoms with E-state index in [4.69, 9.17) is 11.6 Å². The van der Waals surface area contributed by atoms with Crippen molar-refractivity contribution in [3.8, 4) is 0 Å². The van der Waals surface area contributed by atoms with Crippen LogP contribution in [-0.2, 0) is 0 Å². The average Bonchev–Trinajstić information content (AvgIpc) is 2.62. The summed E-state index contributed by atoms with van der Waals surface area (Å²) < 4.78 is 0. The molecule has 3 rings (SSSR count). The molecule has 2 aliphatic heterocycles. The van der Waals surface area contributed by atoms with Gasteiger partial charge in [0.1, 0.15) is 6.34 Å². The normalized spacial score (nSPS) is 29.6. The Labute approximate surface area is 87.3 Å². The maximum absolute atomic E-state index is 6.22. The van der Waals surface area contributed by atoms with Crippen LogP contribution in [0, 0.1) is 0 Å². The van der Waals surface area contributed by atoms with E-state index in [-0.39, 0.29) is 5.38 Å². The summed E-state index contributed by atoms with van der Waals surface area (Å²) in [4.78, 5) is 8.61. The van der Waals surface area contributed by atoms with Crippen LogP contribution in [0.2, 0.25) is 0 Å². The molecule has 0 saturated carbocycles. The van der Waals surface area contributed by atoms with Gasteiger partial charge in [0.05, 0.1) is 17.6 Å². The lowest BCUT2D eigenvalue weighted by Gasteiger charge is -2.30. The van der Waals surface area contributed by atoms with Gasteiger partial charge in [0.15, 0.2) is 0 Å². The largest absolute Gasteiger partial charge is 0.285 e. The third-order valence-electron chi connectivity index (χ3n) is 2.80. The van der Waals surface area contributed by atoms with Crippen molar-refractivity contribution in [2.75, 3.05) is 6.54 Å². The van der Waals surface area contributed by atoms with Crippen LogP contribution in [-0.4, -0.2) is 29.2 Å². The Morgan fingerprint density at radius 2 is 2.50 bits per heavy atom. The Morgan fingerprint density at radius 1 is 1.57 bits per heavy atom. The number of hydrogen-bond donors (Lipinski definition) is 1. The molecule has 3 aliphatic rings. The number of alkyl halides is 1. The van der Waals surface area contributed by atoms with Crippen molar-refractivity contribution >= 4 is 23.9 Å². The second kappa shape index (κ2) is 2.98. The van der Waals surface area contributed by atoms with Crippen molar-refractivity contribution in [1.82, 2.24) is 10.4 Å². The fraction of sp³-hybridized carbons (Fsp3) is 0.556. The maximum atomic E-state index is 6.22. The van der Waals surface area contributed by atoms with E-state index in [1.165, 1.54) is 12.0 Å². The van der Waals surface area contributed by atoms with E-state index in [1.54, 1.807) is 6.34 Å². The van der Waals surface area contributed by atoms with Crippen molar-refractivity contribution in [2.24, 2.45) is 9.98 Å². The Morgan fingerprint density at radius 3 is 3.43 bits per heavy atom. The highest BCUT2D eigenvalue weighted by molar-refractivity contribution is 6.22. The van der Waals surface area contributed by atoms with Gasteiger partial charge in [0.2, 0.25) is 5.96 Å². The second-order valence-corrected chi connectivity index (χ2v) is 4.26. The maximum Gasteiger partial charge on any atom is 0.246 e. The molecule has 0 amide bonds. The number of guanidine groups is 1. The van der Waals surface area contributed by atoms with Crippen LogP contribution in [0.3, 0.4) is 0 Å². The van der Waals surface area contributed by atoms with Gasteiger partial charge in [-0.3, -0.25) is 5.43 Å². The van der Waals surface area contributed by atoms with Crippen molar-refractivity contribution in [1.29, 1.82) is 0 Å². The quantitative estimate of drug-likeness (QED) is 0.612. The molecule has 0 bridgehead atoms. The molecule has 0 aromatic heterocycles. The smallest absolute Gasteiger partial charge is 0.246 e. The summed E-state index contributed by atoms with van der Waals surface area (Å²) in [7, 11) is 0. The van der Waals surface area contributed by atoms with Gasteiger partial charge >= 0.3 is 0 Å². The zero-order valence-corrected chi connectivity index (χ0v) is 8.46. The Kier molecular flexibility index (Phi) is 1.77. The van der Waals surface area contributed by atoms with Crippen molar-refractivity contribution in [3.05, 3.63) is 11.3 Å². The number of allylic oxidation sites excluding steroid dienone is 1. The van der Waals surface area contributed by atoms with Gasteiger partial charge in [-0.15, -0.1) is 11.6 Å². The second-order valence-electron chi connectivity index (χ2n) is 3.73. The molecule has 1 aliphatic carbocycles. The number of nitrogens with one attached hydrogen (secondary N) is 1. The predicted octanol–water partition coefficient (Wildman–Crippen LogP) is 1.25. The minimum atomic E-state index is 0.0872. The van der Waals surface area contributed by atoms with Crippen LogP contribution in [0.25, 0.3) is 0 Å². The van der Waals surface area contributed by atoms with Gasteiger partial charge in [-0.2, -0.15) is 0 Å². The van der Waals surface area contributed by atoms with Crippen LogP contribution in [0.1, 0.15) is 19.3 Å².